The first-order valence-corrected chi connectivity index (χ1v) is 17.8. The van der Waals surface area contributed by atoms with Crippen LogP contribution in [0, 0.1) is 5.92 Å². The molecular weight excluding hydrogens is 782 g/mol. The van der Waals surface area contributed by atoms with E-state index in [1.807, 2.05) is 49.3 Å². The molecule has 11 nitrogen and oxygen atoms in total. The quantitative estimate of drug-likeness (QED) is 0.111. The van der Waals surface area contributed by atoms with Crippen LogP contribution in [0.3, 0.4) is 0 Å². The number of alkyl carbamates (subject to hydrolysis) is 1. The molecule has 0 bridgehead atoms. The van der Waals surface area contributed by atoms with Gasteiger partial charge in [-0.1, -0.05) is 68.4 Å². The van der Waals surface area contributed by atoms with Crippen LogP contribution in [0.15, 0.2) is 85.2 Å². The molecule has 0 saturated carbocycles. The number of para-hydroxylation sites is 1. The van der Waals surface area contributed by atoms with E-state index in [9.17, 15) is 9.59 Å². The molecule has 4 N–H and O–H groups in total. The molecule has 3 atom stereocenters. The normalized spacial score (nSPS) is 16.6. The lowest BCUT2D eigenvalue weighted by molar-refractivity contribution is -0.135. The molecule has 3 aromatic carbocycles. The summed E-state index contributed by atoms with van der Waals surface area (Å²) in [5.74, 6) is 1.51. The van der Waals surface area contributed by atoms with E-state index in [0.717, 1.165) is 82.5 Å². The Morgan fingerprint density at radius 1 is 0.836 bits per heavy atom. The number of halogens is 4. The molecule has 2 aliphatic heterocycles. The second-order valence-corrected chi connectivity index (χ2v) is 13.8. The minimum Gasteiger partial charge on any atom is -0.453 e. The van der Waals surface area contributed by atoms with Crippen molar-refractivity contribution in [2.24, 2.45) is 5.92 Å². The molecule has 55 heavy (non-hydrogen) atoms. The maximum Gasteiger partial charge on any atom is 0.407 e. The Balaban J connectivity index is 0.00000203. The number of nitrogens with one attached hydrogen (secondary N) is 4. The van der Waals surface area contributed by atoms with Crippen molar-refractivity contribution >= 4 is 73.0 Å². The fourth-order valence-electron chi connectivity index (χ4n) is 7.26. The van der Waals surface area contributed by atoms with E-state index in [1.165, 1.54) is 13.5 Å². The molecule has 7 rings (SSSR count). The molecule has 296 valence electrons. The number of amides is 2. The van der Waals surface area contributed by atoms with Gasteiger partial charge in [0.25, 0.3) is 0 Å². The minimum atomic E-state index is -0.684. The van der Waals surface area contributed by atoms with Gasteiger partial charge in [-0.15, -0.1) is 49.6 Å². The molecular formula is C40H50Cl4N8O3. The van der Waals surface area contributed by atoms with E-state index in [1.54, 1.807) is 0 Å². The number of hydrogen-bond donors (Lipinski definition) is 4. The Morgan fingerprint density at radius 2 is 1.47 bits per heavy atom. The first-order valence-electron chi connectivity index (χ1n) is 17.8. The number of anilines is 2. The van der Waals surface area contributed by atoms with Gasteiger partial charge >= 0.3 is 6.09 Å². The Hall–Kier alpha value is -4.26. The number of benzene rings is 3. The molecule has 4 heterocycles. The highest BCUT2D eigenvalue weighted by Crippen LogP contribution is 2.39. The first-order chi connectivity index (χ1) is 24.8. The number of methoxy groups -OCH3 is 1. The fraction of sp³-hybridized carbons (Fsp3) is 0.350. The SMILES string of the molecule is COC(=O)N[C@H](C(=O)N1CCCC1c1ncc(-c2ccc(-c3ccc(-c4cnc(C5CCCN5)[nH]4)cc3)c(N(C)c3ccccc3)c2)[nH]1)C(C)C.Cl.Cl.Cl.Cl. The zero-order valence-corrected chi connectivity index (χ0v) is 34.5. The summed E-state index contributed by atoms with van der Waals surface area (Å²) in [5.41, 5.74) is 8.28. The number of aromatic nitrogens is 4. The number of hydrogen-bond acceptors (Lipinski definition) is 7. The summed E-state index contributed by atoms with van der Waals surface area (Å²) in [4.78, 5) is 46.2. The van der Waals surface area contributed by atoms with Gasteiger partial charge in [-0.05, 0) is 67.5 Å². The van der Waals surface area contributed by atoms with E-state index in [-0.39, 0.29) is 67.5 Å². The molecule has 2 unspecified atom stereocenters. The molecule has 0 radical (unpaired) electrons. The molecule has 0 aliphatic carbocycles. The number of carbonyl (C=O) groups is 2. The van der Waals surface area contributed by atoms with Crippen molar-refractivity contribution < 1.29 is 14.3 Å². The summed E-state index contributed by atoms with van der Waals surface area (Å²) in [7, 11) is 3.39. The standard InChI is InChI=1S/C40H46N8O3.4ClH/c1-25(2)36(46-40(50)51-4)39(49)48-21-9-13-34(48)38-43-24-33(45-38)28-18-19-30(35(22-28)47(3)29-10-6-5-7-11-29)26-14-16-27(17-15-26)32-23-42-37(44-32)31-12-8-20-41-31;;;;/h5-7,10-11,14-19,22-25,31,34,36,41H,8-9,12-13,20-21H2,1-4H3,(H,42,44)(H,43,45)(H,46,50);4*1H/t31?,34?,36-;;;;/m0..../s1. The highest BCUT2D eigenvalue weighted by Gasteiger charge is 2.37. The number of ether oxygens (including phenoxy) is 1. The molecule has 2 fully saturated rings. The lowest BCUT2D eigenvalue weighted by atomic mass is 9.98. The van der Waals surface area contributed by atoms with E-state index in [4.69, 9.17) is 9.72 Å². The Labute approximate surface area is 347 Å². The van der Waals surface area contributed by atoms with Gasteiger partial charge in [-0.2, -0.15) is 0 Å². The van der Waals surface area contributed by atoms with E-state index >= 15 is 0 Å². The second kappa shape index (κ2) is 20.1. The van der Waals surface area contributed by atoms with Gasteiger partial charge in [0.1, 0.15) is 17.7 Å². The van der Waals surface area contributed by atoms with Crippen LogP contribution in [0.1, 0.15) is 63.3 Å². The van der Waals surface area contributed by atoms with Crippen molar-refractivity contribution in [3.05, 3.63) is 96.8 Å². The van der Waals surface area contributed by atoms with Crippen molar-refractivity contribution in [1.82, 2.24) is 35.5 Å². The Bertz CT molecular complexity index is 1980. The van der Waals surface area contributed by atoms with Gasteiger partial charge in [-0.25, -0.2) is 14.8 Å². The van der Waals surface area contributed by atoms with E-state index in [2.05, 4.69) is 92.1 Å². The van der Waals surface area contributed by atoms with Crippen LogP contribution >= 0.6 is 49.6 Å². The lowest BCUT2D eigenvalue weighted by Crippen LogP contribution is -2.51. The van der Waals surface area contributed by atoms with E-state index in [0.29, 0.717) is 12.6 Å². The third-order valence-corrected chi connectivity index (χ3v) is 10.1. The number of carbonyl (C=O) groups excluding carboxylic acids is 2. The van der Waals surface area contributed by atoms with Crippen molar-refractivity contribution in [2.75, 3.05) is 32.1 Å². The Morgan fingerprint density at radius 3 is 2.13 bits per heavy atom. The van der Waals surface area contributed by atoms with Crippen LogP contribution < -0.4 is 15.5 Å². The summed E-state index contributed by atoms with van der Waals surface area (Å²) in [6.07, 6.45) is 7.08. The van der Waals surface area contributed by atoms with Crippen LogP contribution in [-0.4, -0.2) is 70.1 Å². The number of likely N-dealkylation sites (tertiary alicyclic amines) is 1. The molecule has 2 saturated heterocycles. The molecule has 15 heteroatoms. The number of rotatable bonds is 10. The number of H-pyrrole nitrogens is 2. The molecule has 0 spiro atoms. The third-order valence-electron chi connectivity index (χ3n) is 10.1. The summed E-state index contributed by atoms with van der Waals surface area (Å²) >= 11 is 0. The topological polar surface area (TPSA) is 131 Å². The van der Waals surface area contributed by atoms with Gasteiger partial charge < -0.3 is 35.1 Å². The highest BCUT2D eigenvalue weighted by molar-refractivity contribution is 5.88. The van der Waals surface area contributed by atoms with Crippen molar-refractivity contribution in [2.45, 2.75) is 57.7 Å². The zero-order chi connectivity index (χ0) is 35.5. The van der Waals surface area contributed by atoms with Crippen LogP contribution in [0.2, 0.25) is 0 Å². The van der Waals surface area contributed by atoms with Crippen LogP contribution in [0.5, 0.6) is 0 Å². The smallest absolute Gasteiger partial charge is 0.407 e. The lowest BCUT2D eigenvalue weighted by Gasteiger charge is -2.30. The summed E-state index contributed by atoms with van der Waals surface area (Å²) < 4.78 is 4.79. The van der Waals surface area contributed by atoms with Gasteiger partial charge in [0.2, 0.25) is 5.91 Å². The predicted octanol–water partition coefficient (Wildman–Crippen LogP) is 9.06. The summed E-state index contributed by atoms with van der Waals surface area (Å²) in [6.45, 7) is 5.47. The summed E-state index contributed by atoms with van der Waals surface area (Å²) in [5, 5.41) is 6.24. The highest BCUT2D eigenvalue weighted by atomic mass is 35.5. The van der Waals surface area contributed by atoms with Crippen LogP contribution in [0.4, 0.5) is 16.2 Å². The monoisotopic (exact) mass is 830 g/mol. The minimum absolute atomic E-state index is 0. The summed E-state index contributed by atoms with van der Waals surface area (Å²) in [6, 6.07) is 24.8. The van der Waals surface area contributed by atoms with Crippen LogP contribution in [-0.2, 0) is 9.53 Å². The van der Waals surface area contributed by atoms with Crippen LogP contribution in [0.25, 0.3) is 33.6 Å². The fourth-order valence-corrected chi connectivity index (χ4v) is 7.26. The molecule has 2 aromatic heterocycles. The van der Waals surface area contributed by atoms with Crippen molar-refractivity contribution in [1.29, 1.82) is 0 Å². The Kier molecular flexibility index (Phi) is 16.5. The number of aromatic amines is 2. The molecule has 5 aromatic rings. The average molecular weight is 833 g/mol. The molecule has 2 amide bonds. The second-order valence-electron chi connectivity index (χ2n) is 13.8. The largest absolute Gasteiger partial charge is 0.453 e. The van der Waals surface area contributed by atoms with Gasteiger partial charge in [0, 0.05) is 36.1 Å². The van der Waals surface area contributed by atoms with E-state index < -0.39 is 12.1 Å². The van der Waals surface area contributed by atoms with Crippen molar-refractivity contribution in [3.63, 3.8) is 0 Å². The van der Waals surface area contributed by atoms with Gasteiger partial charge in [0.15, 0.2) is 0 Å². The van der Waals surface area contributed by atoms with Crippen molar-refractivity contribution in [3.8, 4) is 33.6 Å². The predicted molar refractivity (Wildman–Crippen MR) is 228 cm³/mol. The number of imidazole rings is 2. The molecule has 2 aliphatic rings. The first kappa shape index (κ1) is 45.1. The van der Waals surface area contributed by atoms with Gasteiger partial charge in [0.05, 0.1) is 43.0 Å². The maximum atomic E-state index is 13.7. The zero-order valence-electron chi connectivity index (χ0n) is 31.3. The average Bonchev–Trinajstić information content (AvgIpc) is 4.00. The number of nitrogens with zero attached hydrogens (tertiary/aromatic N) is 4. The maximum absolute atomic E-state index is 13.7. The third kappa shape index (κ3) is 9.77. The van der Waals surface area contributed by atoms with Gasteiger partial charge in [-0.3, -0.25) is 4.79 Å².